The van der Waals surface area contributed by atoms with Crippen molar-refractivity contribution in [2.24, 2.45) is 0 Å². The zero-order valence-corrected chi connectivity index (χ0v) is 11.1. The highest BCUT2D eigenvalue weighted by Crippen LogP contribution is 2.32. The van der Waals surface area contributed by atoms with E-state index in [9.17, 15) is 14.7 Å². The Kier molecular flexibility index (Phi) is 3.55. The highest BCUT2D eigenvalue weighted by molar-refractivity contribution is 5.70. The lowest BCUT2D eigenvalue weighted by Gasteiger charge is -2.15. The van der Waals surface area contributed by atoms with Gasteiger partial charge in [-0.15, -0.1) is 0 Å². The Morgan fingerprint density at radius 2 is 1.95 bits per heavy atom. The van der Waals surface area contributed by atoms with Crippen LogP contribution in [0.3, 0.4) is 0 Å². The Bertz CT molecular complexity index is 776. The van der Waals surface area contributed by atoms with Crippen molar-refractivity contribution in [2.45, 2.75) is 12.3 Å². The van der Waals surface area contributed by atoms with Crippen LogP contribution >= 0.6 is 0 Å². The quantitative estimate of drug-likeness (QED) is 0.861. The first-order chi connectivity index (χ1) is 10.2. The lowest BCUT2D eigenvalue weighted by molar-refractivity contribution is -0.00722. The van der Waals surface area contributed by atoms with E-state index >= 15 is 0 Å². The SMILES string of the molecule is O=c1ccn([C@H]2C=C(c3ccccc3)[C@@H](CO)O2)c(=O)[nH]1. The summed E-state index contributed by atoms with van der Waals surface area (Å²) in [6.45, 7) is -0.185. The zero-order chi connectivity index (χ0) is 14.8. The molecule has 0 spiro atoms. The molecule has 2 aromatic rings. The second kappa shape index (κ2) is 5.51. The summed E-state index contributed by atoms with van der Waals surface area (Å²) >= 11 is 0. The highest BCUT2D eigenvalue weighted by Gasteiger charge is 2.28. The molecular formula is C15H14N2O4. The molecule has 0 amide bonds. The molecule has 0 fully saturated rings. The number of H-pyrrole nitrogens is 1. The minimum absolute atomic E-state index is 0.185. The fraction of sp³-hybridized carbons (Fsp3) is 0.200. The van der Waals surface area contributed by atoms with Gasteiger partial charge in [-0.3, -0.25) is 14.3 Å². The predicted molar refractivity (Wildman–Crippen MR) is 76.7 cm³/mol. The van der Waals surface area contributed by atoms with Crippen molar-refractivity contribution in [3.63, 3.8) is 0 Å². The van der Waals surface area contributed by atoms with Crippen LogP contribution in [0.4, 0.5) is 0 Å². The lowest BCUT2D eigenvalue weighted by Crippen LogP contribution is -2.31. The van der Waals surface area contributed by atoms with E-state index in [0.717, 1.165) is 11.1 Å². The fourth-order valence-corrected chi connectivity index (χ4v) is 2.37. The van der Waals surface area contributed by atoms with Gasteiger partial charge in [-0.05, 0) is 17.2 Å². The van der Waals surface area contributed by atoms with Gasteiger partial charge in [-0.25, -0.2) is 4.79 Å². The molecule has 0 saturated heterocycles. The van der Waals surface area contributed by atoms with Crippen LogP contribution in [0.2, 0.25) is 0 Å². The summed E-state index contributed by atoms with van der Waals surface area (Å²) in [6, 6.07) is 10.8. The first-order valence-electron chi connectivity index (χ1n) is 6.54. The highest BCUT2D eigenvalue weighted by atomic mass is 16.5. The van der Waals surface area contributed by atoms with Gasteiger partial charge in [0.05, 0.1) is 6.61 Å². The maximum atomic E-state index is 11.8. The maximum Gasteiger partial charge on any atom is 0.330 e. The number of aromatic nitrogens is 2. The molecule has 0 aliphatic carbocycles. The van der Waals surface area contributed by atoms with Gasteiger partial charge in [0.15, 0.2) is 6.23 Å². The van der Waals surface area contributed by atoms with Gasteiger partial charge in [-0.1, -0.05) is 30.3 Å². The molecule has 0 radical (unpaired) electrons. The fourth-order valence-electron chi connectivity index (χ4n) is 2.37. The first-order valence-corrected chi connectivity index (χ1v) is 6.54. The average Bonchev–Trinajstić information content (AvgIpc) is 2.92. The van der Waals surface area contributed by atoms with Gasteiger partial charge in [0.2, 0.25) is 0 Å². The van der Waals surface area contributed by atoms with Crippen LogP contribution in [0.1, 0.15) is 11.8 Å². The zero-order valence-electron chi connectivity index (χ0n) is 11.1. The Hall–Kier alpha value is -2.44. The molecule has 1 aromatic carbocycles. The minimum atomic E-state index is -0.651. The number of nitrogens with one attached hydrogen (secondary N) is 1. The monoisotopic (exact) mass is 286 g/mol. The van der Waals surface area contributed by atoms with Crippen molar-refractivity contribution >= 4 is 5.57 Å². The number of hydrogen-bond acceptors (Lipinski definition) is 4. The van der Waals surface area contributed by atoms with Crippen LogP contribution in [0.15, 0.2) is 58.3 Å². The number of aliphatic hydroxyl groups excluding tert-OH is 1. The third kappa shape index (κ3) is 2.58. The number of hydrogen-bond donors (Lipinski definition) is 2. The molecule has 3 rings (SSSR count). The number of aromatic amines is 1. The summed E-state index contributed by atoms with van der Waals surface area (Å²) in [4.78, 5) is 25.1. The van der Waals surface area contributed by atoms with Gasteiger partial charge in [0, 0.05) is 12.3 Å². The Balaban J connectivity index is 2.01. The van der Waals surface area contributed by atoms with E-state index in [1.54, 1.807) is 6.08 Å². The van der Waals surface area contributed by atoms with Crippen LogP contribution in [-0.4, -0.2) is 27.4 Å². The van der Waals surface area contributed by atoms with Crippen LogP contribution in [-0.2, 0) is 4.74 Å². The summed E-state index contributed by atoms with van der Waals surface area (Å²) in [5, 5.41) is 9.46. The molecule has 0 unspecified atom stereocenters. The van der Waals surface area contributed by atoms with Crippen molar-refractivity contribution in [3.8, 4) is 0 Å². The molecule has 1 aliphatic rings. The maximum absolute atomic E-state index is 11.8. The molecular weight excluding hydrogens is 272 g/mol. The van der Waals surface area contributed by atoms with Crippen LogP contribution < -0.4 is 11.2 Å². The molecule has 0 saturated carbocycles. The van der Waals surface area contributed by atoms with E-state index < -0.39 is 23.6 Å². The van der Waals surface area contributed by atoms with Crippen molar-refractivity contribution in [2.75, 3.05) is 6.61 Å². The van der Waals surface area contributed by atoms with E-state index in [4.69, 9.17) is 4.74 Å². The molecule has 2 heterocycles. The molecule has 1 aromatic heterocycles. The largest absolute Gasteiger partial charge is 0.393 e. The number of ether oxygens (including phenoxy) is 1. The van der Waals surface area contributed by atoms with E-state index in [-0.39, 0.29) is 6.61 Å². The van der Waals surface area contributed by atoms with Crippen LogP contribution in [0, 0.1) is 0 Å². The van der Waals surface area contributed by atoms with Crippen LogP contribution in [0.5, 0.6) is 0 Å². The van der Waals surface area contributed by atoms with Crippen molar-refractivity contribution < 1.29 is 9.84 Å². The van der Waals surface area contributed by atoms with Gasteiger partial charge in [0.25, 0.3) is 5.56 Å². The topological polar surface area (TPSA) is 84.3 Å². The summed E-state index contributed by atoms with van der Waals surface area (Å²) in [7, 11) is 0. The summed E-state index contributed by atoms with van der Waals surface area (Å²) in [5.74, 6) is 0. The summed E-state index contributed by atoms with van der Waals surface area (Å²) < 4.78 is 6.96. The van der Waals surface area contributed by atoms with Gasteiger partial charge in [0.1, 0.15) is 6.10 Å². The van der Waals surface area contributed by atoms with E-state index in [0.29, 0.717) is 0 Å². The molecule has 6 heteroatoms. The third-order valence-electron chi connectivity index (χ3n) is 3.37. The van der Waals surface area contributed by atoms with Crippen LogP contribution in [0.25, 0.3) is 5.57 Å². The van der Waals surface area contributed by atoms with Gasteiger partial charge in [-0.2, -0.15) is 0 Å². The van der Waals surface area contributed by atoms with E-state index in [1.165, 1.54) is 16.8 Å². The molecule has 2 atom stereocenters. The standard InChI is InChI=1S/C15H14N2O4/c18-9-12-11(10-4-2-1-3-5-10)8-14(21-12)17-7-6-13(19)16-15(17)20/h1-8,12,14,18H,9H2,(H,16,19,20)/t12-,14-/m1/s1. The Morgan fingerprint density at radius 1 is 1.19 bits per heavy atom. The molecule has 2 N–H and O–H groups in total. The van der Waals surface area contributed by atoms with Gasteiger partial charge < -0.3 is 9.84 Å². The van der Waals surface area contributed by atoms with E-state index in [2.05, 4.69) is 4.98 Å². The molecule has 0 bridgehead atoms. The second-order valence-electron chi connectivity index (χ2n) is 4.70. The molecule has 21 heavy (non-hydrogen) atoms. The Labute approximate surface area is 119 Å². The van der Waals surface area contributed by atoms with Crippen molar-refractivity contribution in [1.82, 2.24) is 9.55 Å². The molecule has 6 nitrogen and oxygen atoms in total. The van der Waals surface area contributed by atoms with Gasteiger partial charge >= 0.3 is 5.69 Å². The minimum Gasteiger partial charge on any atom is -0.393 e. The third-order valence-corrected chi connectivity index (χ3v) is 3.37. The number of nitrogens with zero attached hydrogens (tertiary/aromatic N) is 1. The Morgan fingerprint density at radius 3 is 2.62 bits per heavy atom. The number of aliphatic hydroxyl groups is 1. The molecule has 108 valence electrons. The second-order valence-corrected chi connectivity index (χ2v) is 4.70. The van der Waals surface area contributed by atoms with E-state index in [1.807, 2.05) is 30.3 Å². The molecule has 1 aliphatic heterocycles. The van der Waals surface area contributed by atoms with Crippen molar-refractivity contribution in [1.29, 1.82) is 0 Å². The van der Waals surface area contributed by atoms with Crippen molar-refractivity contribution in [3.05, 3.63) is 75.1 Å². The predicted octanol–water partition coefficient (Wildman–Crippen LogP) is 0.510. The average molecular weight is 286 g/mol. The summed E-state index contributed by atoms with van der Waals surface area (Å²) in [5.41, 5.74) is 0.743. The normalized spacial score (nSPS) is 21.3. The number of rotatable bonds is 3. The lowest BCUT2D eigenvalue weighted by atomic mass is 10.0. The smallest absolute Gasteiger partial charge is 0.330 e. The summed E-state index contributed by atoms with van der Waals surface area (Å²) in [6.07, 6.45) is 2.00. The number of benzene rings is 1. The first kappa shape index (κ1) is 13.5.